The van der Waals surface area contributed by atoms with E-state index in [9.17, 15) is 0 Å². The molecule has 0 nitrogen and oxygen atoms in total. The van der Waals surface area contributed by atoms with Gasteiger partial charge in [0.15, 0.2) is 0 Å². The molecule has 1 radical (unpaired) electrons. The molecule has 0 aliphatic carbocycles. The quantitative estimate of drug-likeness (QED) is 0.506. The van der Waals surface area contributed by atoms with Crippen molar-refractivity contribution >= 4 is 0 Å². The third-order valence-corrected chi connectivity index (χ3v) is 0.988. The normalized spacial score (nSPS) is 11.1. The summed E-state index contributed by atoms with van der Waals surface area (Å²) in [6, 6.07) is 0. The van der Waals surface area contributed by atoms with Crippen molar-refractivity contribution in [1.82, 2.24) is 0 Å². The molecule has 0 saturated carbocycles. The van der Waals surface area contributed by atoms with Crippen LogP contribution in [0.1, 0.15) is 27.2 Å². The van der Waals surface area contributed by atoms with Gasteiger partial charge in [0.1, 0.15) is 0 Å². The number of hydrogen-bond acceptors (Lipinski definition) is 0. The van der Waals surface area contributed by atoms with Crippen LogP contribution in [0.2, 0.25) is 0 Å². The molecule has 0 spiro atoms. The molecule has 0 rings (SSSR count). The molecular formula is C9H15. The highest BCUT2D eigenvalue weighted by Gasteiger charge is 1.85. The first-order valence-electron chi connectivity index (χ1n) is 3.38. The topological polar surface area (TPSA) is 0 Å². The predicted octanol–water partition coefficient (Wildman–Crippen LogP) is 2.97. The molecule has 9 heavy (non-hydrogen) atoms. The molecule has 0 heterocycles. The van der Waals surface area contributed by atoms with E-state index in [0.29, 0.717) is 0 Å². The Morgan fingerprint density at radius 2 is 2.11 bits per heavy atom. The second-order valence-electron chi connectivity index (χ2n) is 2.78. The zero-order valence-electron chi connectivity index (χ0n) is 6.52. The zero-order valence-corrected chi connectivity index (χ0v) is 6.52. The first-order valence-corrected chi connectivity index (χ1v) is 3.38. The molecule has 0 aliphatic heterocycles. The second kappa shape index (κ2) is 4.37. The van der Waals surface area contributed by atoms with E-state index in [0.717, 1.165) is 17.9 Å². The summed E-state index contributed by atoms with van der Waals surface area (Å²) in [5.41, 5.74) is 0.885. The Hall–Kier alpha value is -0.520. The SMILES string of the molecule is [CH]=C(C)C=CCC(C)C. The van der Waals surface area contributed by atoms with Gasteiger partial charge in [-0.3, -0.25) is 0 Å². The third-order valence-electron chi connectivity index (χ3n) is 0.988. The van der Waals surface area contributed by atoms with Crippen molar-refractivity contribution in [3.63, 3.8) is 0 Å². The first-order chi connectivity index (χ1) is 4.13. The summed E-state index contributed by atoms with van der Waals surface area (Å²) in [5.74, 6) is 0.737. The molecule has 0 aliphatic rings. The Labute approximate surface area is 58.3 Å². The van der Waals surface area contributed by atoms with Gasteiger partial charge < -0.3 is 0 Å². The molecule has 0 unspecified atom stereocenters. The zero-order chi connectivity index (χ0) is 7.28. The highest BCUT2D eigenvalue weighted by Crippen LogP contribution is 2.01. The smallest absolute Gasteiger partial charge is 0.0324 e. The molecule has 0 saturated heterocycles. The summed E-state index contributed by atoms with van der Waals surface area (Å²) in [6.45, 7) is 11.7. The van der Waals surface area contributed by atoms with E-state index in [-0.39, 0.29) is 0 Å². The van der Waals surface area contributed by atoms with E-state index >= 15 is 0 Å². The fourth-order valence-corrected chi connectivity index (χ4v) is 0.526. The number of rotatable bonds is 3. The maximum atomic E-state index is 5.41. The van der Waals surface area contributed by atoms with Gasteiger partial charge in [-0.15, -0.1) is 0 Å². The van der Waals surface area contributed by atoms with Gasteiger partial charge in [0.2, 0.25) is 0 Å². The van der Waals surface area contributed by atoms with Gasteiger partial charge in [-0.25, -0.2) is 0 Å². The average Bonchev–Trinajstić information content (AvgIpc) is 1.63. The molecule has 0 amide bonds. The van der Waals surface area contributed by atoms with Crippen LogP contribution in [0.5, 0.6) is 0 Å². The standard InChI is InChI=1S/C9H15/c1-8(2)6-5-7-9(3)4/h1,5-6,9H,7H2,2-4H3. The van der Waals surface area contributed by atoms with Crippen LogP contribution in [-0.2, 0) is 0 Å². The fraction of sp³-hybridized carbons (Fsp3) is 0.556. The van der Waals surface area contributed by atoms with Crippen LogP contribution in [0, 0.1) is 12.5 Å². The van der Waals surface area contributed by atoms with Crippen LogP contribution >= 0.6 is 0 Å². The highest BCUT2D eigenvalue weighted by molar-refractivity contribution is 5.08. The highest BCUT2D eigenvalue weighted by atomic mass is 13.9. The summed E-state index contributed by atoms with van der Waals surface area (Å²) in [5, 5.41) is 0. The Morgan fingerprint density at radius 3 is 2.44 bits per heavy atom. The van der Waals surface area contributed by atoms with Crippen LogP contribution in [-0.4, -0.2) is 0 Å². The number of allylic oxidation sites excluding steroid dienone is 3. The maximum absolute atomic E-state index is 5.41. The van der Waals surface area contributed by atoms with Crippen LogP contribution in [0.15, 0.2) is 17.7 Å². The Kier molecular flexibility index (Phi) is 4.12. The summed E-state index contributed by atoms with van der Waals surface area (Å²) in [6.07, 6.45) is 5.19. The van der Waals surface area contributed by atoms with Crippen molar-refractivity contribution in [2.45, 2.75) is 27.2 Å². The minimum absolute atomic E-state index is 0.737. The van der Waals surface area contributed by atoms with Crippen molar-refractivity contribution in [1.29, 1.82) is 0 Å². The second-order valence-corrected chi connectivity index (χ2v) is 2.78. The van der Waals surface area contributed by atoms with Gasteiger partial charge in [0.05, 0.1) is 0 Å². The molecular weight excluding hydrogens is 108 g/mol. The summed E-state index contributed by atoms with van der Waals surface area (Å²) < 4.78 is 0. The lowest BCUT2D eigenvalue weighted by molar-refractivity contribution is 0.663. The van der Waals surface area contributed by atoms with Gasteiger partial charge in [0.25, 0.3) is 0 Å². The molecule has 0 atom stereocenters. The lowest BCUT2D eigenvalue weighted by atomic mass is 10.1. The van der Waals surface area contributed by atoms with Crippen molar-refractivity contribution in [3.05, 3.63) is 24.3 Å². The molecule has 0 aromatic rings. The van der Waals surface area contributed by atoms with E-state index in [4.69, 9.17) is 6.58 Å². The summed E-state index contributed by atoms with van der Waals surface area (Å²) in [7, 11) is 0. The van der Waals surface area contributed by atoms with Gasteiger partial charge in [-0.05, 0) is 19.3 Å². The molecule has 0 heteroatoms. The Balaban J connectivity index is 3.36. The minimum atomic E-state index is 0.737. The van der Waals surface area contributed by atoms with E-state index < -0.39 is 0 Å². The van der Waals surface area contributed by atoms with Gasteiger partial charge in [0, 0.05) is 0 Å². The Morgan fingerprint density at radius 1 is 1.56 bits per heavy atom. The van der Waals surface area contributed by atoms with Crippen LogP contribution in [0.4, 0.5) is 0 Å². The van der Waals surface area contributed by atoms with Crippen LogP contribution < -0.4 is 0 Å². The lowest BCUT2D eigenvalue weighted by Gasteiger charge is -1.95. The molecule has 0 aromatic heterocycles. The molecule has 0 N–H and O–H groups in total. The first kappa shape index (κ1) is 8.48. The van der Waals surface area contributed by atoms with E-state index in [2.05, 4.69) is 19.9 Å². The van der Waals surface area contributed by atoms with Crippen molar-refractivity contribution in [3.8, 4) is 0 Å². The van der Waals surface area contributed by atoms with E-state index in [1.165, 1.54) is 0 Å². The predicted molar refractivity (Wildman–Crippen MR) is 42.1 cm³/mol. The van der Waals surface area contributed by atoms with Crippen molar-refractivity contribution in [2.24, 2.45) is 5.92 Å². The third kappa shape index (κ3) is 7.48. The maximum Gasteiger partial charge on any atom is -0.0324 e. The van der Waals surface area contributed by atoms with Crippen molar-refractivity contribution < 1.29 is 0 Å². The van der Waals surface area contributed by atoms with Gasteiger partial charge in [-0.2, -0.15) is 0 Å². The summed E-state index contributed by atoms with van der Waals surface area (Å²) >= 11 is 0. The monoisotopic (exact) mass is 123 g/mol. The molecule has 51 valence electrons. The fourth-order valence-electron chi connectivity index (χ4n) is 0.526. The summed E-state index contributed by atoms with van der Waals surface area (Å²) in [4.78, 5) is 0. The number of hydrogen-bond donors (Lipinski definition) is 0. The van der Waals surface area contributed by atoms with Crippen LogP contribution in [0.25, 0.3) is 0 Å². The van der Waals surface area contributed by atoms with E-state index in [1.807, 2.05) is 13.0 Å². The molecule has 0 fully saturated rings. The minimum Gasteiger partial charge on any atom is -0.0840 e. The van der Waals surface area contributed by atoms with Crippen molar-refractivity contribution in [2.75, 3.05) is 0 Å². The largest absolute Gasteiger partial charge is 0.0840 e. The Bertz CT molecular complexity index is 107. The van der Waals surface area contributed by atoms with Gasteiger partial charge in [-0.1, -0.05) is 38.2 Å². The van der Waals surface area contributed by atoms with Crippen LogP contribution in [0.3, 0.4) is 0 Å². The molecule has 0 bridgehead atoms. The lowest BCUT2D eigenvalue weighted by Crippen LogP contribution is -1.80. The molecule has 0 aromatic carbocycles. The van der Waals surface area contributed by atoms with Gasteiger partial charge >= 0.3 is 0 Å². The van der Waals surface area contributed by atoms with E-state index in [1.54, 1.807) is 0 Å². The average molecular weight is 123 g/mol.